The van der Waals surface area contributed by atoms with Crippen LogP contribution in [0.4, 0.5) is 0 Å². The van der Waals surface area contributed by atoms with Gasteiger partial charge in [0, 0.05) is 5.69 Å². The highest BCUT2D eigenvalue weighted by atomic mass is 15.3. The zero-order valence-corrected chi connectivity index (χ0v) is 10.5. The molecule has 3 nitrogen and oxygen atoms in total. The normalized spacial score (nSPS) is 15.3. The molecule has 2 unspecified atom stereocenters. The van der Waals surface area contributed by atoms with Gasteiger partial charge in [0.25, 0.3) is 0 Å². The third-order valence-electron chi connectivity index (χ3n) is 3.41. The van der Waals surface area contributed by atoms with E-state index in [4.69, 9.17) is 5.73 Å². The van der Waals surface area contributed by atoms with E-state index in [0.29, 0.717) is 18.5 Å². The Morgan fingerprint density at radius 2 is 1.93 bits per heavy atom. The van der Waals surface area contributed by atoms with Crippen molar-refractivity contribution in [2.45, 2.75) is 47.1 Å². The van der Waals surface area contributed by atoms with Gasteiger partial charge in [-0.05, 0) is 45.2 Å². The highest BCUT2D eigenvalue weighted by Gasteiger charge is 2.18. The maximum Gasteiger partial charge on any atom is 0.0628 e. The van der Waals surface area contributed by atoms with Gasteiger partial charge < -0.3 is 5.73 Å². The molecule has 0 bridgehead atoms. The highest BCUT2D eigenvalue weighted by Crippen LogP contribution is 2.22. The molecule has 1 rings (SSSR count). The van der Waals surface area contributed by atoms with Crippen LogP contribution in [0, 0.1) is 19.8 Å². The van der Waals surface area contributed by atoms with Crippen molar-refractivity contribution in [3.8, 4) is 0 Å². The number of aryl methyl sites for hydroxylation is 1. The number of rotatable bonds is 4. The van der Waals surface area contributed by atoms with Crippen LogP contribution in [0.1, 0.15) is 43.8 Å². The van der Waals surface area contributed by atoms with Crippen molar-refractivity contribution in [1.29, 1.82) is 0 Å². The van der Waals surface area contributed by atoms with Crippen LogP contribution in [0.2, 0.25) is 0 Å². The minimum absolute atomic E-state index is 0.383. The van der Waals surface area contributed by atoms with Crippen LogP contribution >= 0.6 is 0 Å². The third kappa shape index (κ3) is 2.23. The second kappa shape index (κ2) is 4.79. The van der Waals surface area contributed by atoms with Gasteiger partial charge in [0.2, 0.25) is 0 Å². The van der Waals surface area contributed by atoms with E-state index < -0.39 is 0 Å². The number of nitrogens with zero attached hydrogens (tertiary/aromatic N) is 2. The number of aromatic nitrogens is 2. The Balaban J connectivity index is 3.05. The van der Waals surface area contributed by atoms with E-state index in [9.17, 15) is 0 Å². The molecule has 1 aromatic heterocycles. The Morgan fingerprint density at radius 1 is 1.33 bits per heavy atom. The molecule has 86 valence electrons. The van der Waals surface area contributed by atoms with Gasteiger partial charge in [0.05, 0.1) is 11.7 Å². The van der Waals surface area contributed by atoms with Crippen molar-refractivity contribution in [3.05, 3.63) is 17.0 Å². The molecule has 0 radical (unpaired) electrons. The van der Waals surface area contributed by atoms with Crippen molar-refractivity contribution in [1.82, 2.24) is 9.78 Å². The molecule has 0 aromatic carbocycles. The molecule has 0 saturated carbocycles. The minimum atomic E-state index is 0.383. The molecular weight excluding hydrogens is 186 g/mol. The van der Waals surface area contributed by atoms with Crippen molar-refractivity contribution in [3.63, 3.8) is 0 Å². The van der Waals surface area contributed by atoms with Gasteiger partial charge in [0.15, 0.2) is 0 Å². The average molecular weight is 209 g/mol. The average Bonchev–Trinajstić information content (AvgIpc) is 2.51. The largest absolute Gasteiger partial charge is 0.330 e. The lowest BCUT2D eigenvalue weighted by molar-refractivity contribution is 0.351. The standard InChI is InChI=1S/C12H23N3/c1-6-12-9(3)14-15(11(12)5)10(4)8(2)7-13/h8,10H,6-7,13H2,1-5H3. The van der Waals surface area contributed by atoms with Crippen LogP contribution in [0.15, 0.2) is 0 Å². The fraction of sp³-hybridized carbons (Fsp3) is 0.750. The van der Waals surface area contributed by atoms with Crippen LogP contribution in [0.5, 0.6) is 0 Å². The second-order valence-corrected chi connectivity index (χ2v) is 4.40. The fourth-order valence-electron chi connectivity index (χ4n) is 2.04. The first-order chi connectivity index (χ1) is 7.02. The topological polar surface area (TPSA) is 43.8 Å². The number of nitrogens with two attached hydrogens (primary N) is 1. The van der Waals surface area contributed by atoms with E-state index in [1.165, 1.54) is 11.3 Å². The molecular formula is C12H23N3. The monoisotopic (exact) mass is 209 g/mol. The third-order valence-corrected chi connectivity index (χ3v) is 3.41. The lowest BCUT2D eigenvalue weighted by Gasteiger charge is -2.20. The molecule has 0 amide bonds. The van der Waals surface area contributed by atoms with E-state index >= 15 is 0 Å². The Morgan fingerprint density at radius 3 is 2.33 bits per heavy atom. The fourth-order valence-corrected chi connectivity index (χ4v) is 2.04. The summed E-state index contributed by atoms with van der Waals surface area (Å²) in [6.45, 7) is 11.5. The van der Waals surface area contributed by atoms with E-state index in [1.54, 1.807) is 0 Å². The minimum Gasteiger partial charge on any atom is -0.330 e. The van der Waals surface area contributed by atoms with Crippen LogP contribution < -0.4 is 5.73 Å². The molecule has 0 spiro atoms. The summed E-state index contributed by atoms with van der Waals surface area (Å²) in [4.78, 5) is 0. The quantitative estimate of drug-likeness (QED) is 0.826. The lowest BCUT2D eigenvalue weighted by Crippen LogP contribution is -2.23. The molecule has 1 heterocycles. The van der Waals surface area contributed by atoms with Gasteiger partial charge in [0.1, 0.15) is 0 Å². The van der Waals surface area contributed by atoms with Crippen molar-refractivity contribution < 1.29 is 0 Å². The smallest absolute Gasteiger partial charge is 0.0628 e. The molecule has 0 aliphatic rings. The first-order valence-corrected chi connectivity index (χ1v) is 5.77. The summed E-state index contributed by atoms with van der Waals surface area (Å²) in [5.41, 5.74) is 9.53. The predicted molar refractivity (Wildman–Crippen MR) is 64.0 cm³/mol. The first kappa shape index (κ1) is 12.2. The highest BCUT2D eigenvalue weighted by molar-refractivity contribution is 5.24. The van der Waals surface area contributed by atoms with Gasteiger partial charge >= 0.3 is 0 Å². The maximum absolute atomic E-state index is 5.70. The van der Waals surface area contributed by atoms with Crippen LogP contribution in [0.3, 0.4) is 0 Å². The summed E-state index contributed by atoms with van der Waals surface area (Å²) in [5, 5.41) is 4.61. The van der Waals surface area contributed by atoms with Crippen LogP contribution in [-0.4, -0.2) is 16.3 Å². The number of hydrogen-bond donors (Lipinski definition) is 1. The Hall–Kier alpha value is -0.830. The molecule has 2 atom stereocenters. The van der Waals surface area contributed by atoms with E-state index in [1.807, 2.05) is 0 Å². The summed E-state index contributed by atoms with van der Waals surface area (Å²) in [6, 6.07) is 0.383. The van der Waals surface area contributed by atoms with Crippen molar-refractivity contribution >= 4 is 0 Å². The Kier molecular flexibility index (Phi) is 3.91. The summed E-state index contributed by atoms with van der Waals surface area (Å²) in [6.07, 6.45) is 1.06. The predicted octanol–water partition coefficient (Wildman–Crippen LogP) is 2.22. The van der Waals surface area contributed by atoms with Gasteiger partial charge in [-0.3, -0.25) is 4.68 Å². The van der Waals surface area contributed by atoms with Gasteiger partial charge in [-0.15, -0.1) is 0 Å². The molecule has 0 aliphatic carbocycles. The lowest BCUT2D eigenvalue weighted by atomic mass is 10.0. The maximum atomic E-state index is 5.70. The molecule has 15 heavy (non-hydrogen) atoms. The van der Waals surface area contributed by atoms with Crippen LogP contribution in [-0.2, 0) is 6.42 Å². The summed E-state index contributed by atoms with van der Waals surface area (Å²) in [7, 11) is 0. The summed E-state index contributed by atoms with van der Waals surface area (Å²) < 4.78 is 2.13. The second-order valence-electron chi connectivity index (χ2n) is 4.40. The van der Waals surface area contributed by atoms with Crippen LogP contribution in [0.25, 0.3) is 0 Å². The zero-order chi connectivity index (χ0) is 11.6. The van der Waals surface area contributed by atoms with Gasteiger partial charge in [-0.1, -0.05) is 13.8 Å². The Labute approximate surface area is 92.7 Å². The first-order valence-electron chi connectivity index (χ1n) is 5.77. The van der Waals surface area contributed by atoms with E-state index in [-0.39, 0.29) is 0 Å². The van der Waals surface area contributed by atoms with Crippen molar-refractivity contribution in [2.75, 3.05) is 6.54 Å². The van der Waals surface area contributed by atoms with E-state index in [0.717, 1.165) is 12.1 Å². The SMILES string of the molecule is CCc1c(C)nn(C(C)C(C)CN)c1C. The molecule has 0 aliphatic heterocycles. The zero-order valence-electron chi connectivity index (χ0n) is 10.5. The molecule has 1 aromatic rings. The number of hydrogen-bond acceptors (Lipinski definition) is 2. The van der Waals surface area contributed by atoms with Crippen molar-refractivity contribution in [2.24, 2.45) is 11.7 Å². The molecule has 0 saturated heterocycles. The molecule has 2 N–H and O–H groups in total. The molecule has 3 heteroatoms. The van der Waals surface area contributed by atoms with Gasteiger partial charge in [-0.2, -0.15) is 5.10 Å². The van der Waals surface area contributed by atoms with E-state index in [2.05, 4.69) is 44.4 Å². The molecule has 0 fully saturated rings. The Bertz CT molecular complexity index is 328. The summed E-state index contributed by atoms with van der Waals surface area (Å²) in [5.74, 6) is 0.465. The van der Waals surface area contributed by atoms with Gasteiger partial charge in [-0.25, -0.2) is 0 Å². The summed E-state index contributed by atoms with van der Waals surface area (Å²) >= 11 is 0.